The molecular weight excluding hydrogens is 394 g/mol. The zero-order chi connectivity index (χ0) is 22.3. The van der Waals surface area contributed by atoms with Crippen LogP contribution in [0.3, 0.4) is 0 Å². The summed E-state index contributed by atoms with van der Waals surface area (Å²) < 4.78 is 29.3. The standard InChI is InChI=1S/C24H33N3O2S/c1-8-26(9-2)22-21-18(4)11-10-12-20(21)27(23(22)25-24(5,6)7)30(28,29)19-15-13-17(3)14-16-19/h10-16,25H,8-9H2,1-7H3. The Morgan fingerprint density at radius 1 is 0.967 bits per heavy atom. The molecule has 0 aliphatic heterocycles. The summed E-state index contributed by atoms with van der Waals surface area (Å²) in [4.78, 5) is 2.51. The highest BCUT2D eigenvalue weighted by molar-refractivity contribution is 7.90. The zero-order valence-electron chi connectivity index (χ0n) is 19.1. The van der Waals surface area contributed by atoms with Crippen molar-refractivity contribution in [1.82, 2.24) is 3.97 Å². The predicted octanol–water partition coefficient (Wildman–Crippen LogP) is 5.55. The molecular formula is C24H33N3O2S. The summed E-state index contributed by atoms with van der Waals surface area (Å²) in [7, 11) is -3.80. The van der Waals surface area contributed by atoms with Crippen molar-refractivity contribution < 1.29 is 8.42 Å². The Morgan fingerprint density at radius 2 is 1.57 bits per heavy atom. The van der Waals surface area contributed by atoms with E-state index in [1.807, 2.05) is 65.0 Å². The van der Waals surface area contributed by atoms with Crippen LogP contribution in [0.15, 0.2) is 47.4 Å². The van der Waals surface area contributed by atoms with Gasteiger partial charge in [0.2, 0.25) is 0 Å². The number of hydrogen-bond acceptors (Lipinski definition) is 4. The van der Waals surface area contributed by atoms with Crippen molar-refractivity contribution in [3.05, 3.63) is 53.6 Å². The largest absolute Gasteiger partial charge is 0.369 e. The van der Waals surface area contributed by atoms with Gasteiger partial charge in [0.25, 0.3) is 10.0 Å². The maximum atomic E-state index is 13.9. The molecule has 0 amide bonds. The topological polar surface area (TPSA) is 54.3 Å². The molecule has 0 saturated carbocycles. The van der Waals surface area contributed by atoms with Crippen LogP contribution >= 0.6 is 0 Å². The Morgan fingerprint density at radius 3 is 2.10 bits per heavy atom. The van der Waals surface area contributed by atoms with Crippen molar-refractivity contribution in [3.8, 4) is 0 Å². The van der Waals surface area contributed by atoms with Crippen molar-refractivity contribution in [2.45, 2.75) is 58.9 Å². The number of hydrogen-bond donors (Lipinski definition) is 1. The van der Waals surface area contributed by atoms with E-state index in [0.29, 0.717) is 11.3 Å². The average Bonchev–Trinajstić information content (AvgIpc) is 2.97. The number of rotatable bonds is 6. The fourth-order valence-electron chi connectivity index (χ4n) is 3.84. The summed E-state index contributed by atoms with van der Waals surface area (Å²) in [6.45, 7) is 15.9. The van der Waals surface area contributed by atoms with Gasteiger partial charge in [0.05, 0.1) is 16.1 Å². The summed E-state index contributed by atoms with van der Waals surface area (Å²) >= 11 is 0. The maximum absolute atomic E-state index is 13.9. The van der Waals surface area contributed by atoms with E-state index in [4.69, 9.17) is 0 Å². The van der Waals surface area contributed by atoms with Gasteiger partial charge in [-0.1, -0.05) is 29.8 Å². The molecule has 3 rings (SSSR count). The third-order valence-corrected chi connectivity index (χ3v) is 6.99. The van der Waals surface area contributed by atoms with Gasteiger partial charge in [-0.2, -0.15) is 0 Å². The molecule has 0 radical (unpaired) electrons. The number of anilines is 2. The molecule has 5 nitrogen and oxygen atoms in total. The van der Waals surface area contributed by atoms with Gasteiger partial charge >= 0.3 is 0 Å². The molecule has 1 aromatic heterocycles. The Hall–Kier alpha value is -2.47. The first-order valence-corrected chi connectivity index (χ1v) is 11.9. The molecule has 0 aliphatic carbocycles. The minimum absolute atomic E-state index is 0.287. The normalized spacial score (nSPS) is 12.4. The molecule has 162 valence electrons. The van der Waals surface area contributed by atoms with Crippen molar-refractivity contribution in [2.24, 2.45) is 0 Å². The second-order valence-electron chi connectivity index (χ2n) is 8.80. The third kappa shape index (κ3) is 3.93. The number of fused-ring (bicyclic) bond motifs is 1. The van der Waals surface area contributed by atoms with Crippen LogP contribution in [0.25, 0.3) is 10.9 Å². The van der Waals surface area contributed by atoms with E-state index >= 15 is 0 Å². The molecule has 0 bridgehead atoms. The Bertz CT molecular complexity index is 1150. The summed E-state index contributed by atoms with van der Waals surface area (Å²) in [6, 6.07) is 12.9. The van der Waals surface area contributed by atoms with E-state index in [9.17, 15) is 8.42 Å². The number of aromatic nitrogens is 1. The number of nitrogens with one attached hydrogen (secondary N) is 1. The lowest BCUT2D eigenvalue weighted by Crippen LogP contribution is -2.31. The lowest BCUT2D eigenvalue weighted by Gasteiger charge is -2.28. The van der Waals surface area contributed by atoms with Gasteiger partial charge in [-0.15, -0.1) is 0 Å². The summed E-state index contributed by atoms with van der Waals surface area (Å²) in [5, 5.41) is 4.49. The first kappa shape index (κ1) is 22.2. The maximum Gasteiger partial charge on any atom is 0.269 e. The molecule has 6 heteroatoms. The molecule has 3 aromatic rings. The quantitative estimate of drug-likeness (QED) is 0.560. The minimum Gasteiger partial charge on any atom is -0.369 e. The molecule has 1 N–H and O–H groups in total. The molecule has 2 aromatic carbocycles. The fraction of sp³-hybridized carbons (Fsp3) is 0.417. The predicted molar refractivity (Wildman–Crippen MR) is 127 cm³/mol. The van der Waals surface area contributed by atoms with Gasteiger partial charge in [0.15, 0.2) is 0 Å². The minimum atomic E-state index is -3.80. The van der Waals surface area contributed by atoms with Crippen molar-refractivity contribution >= 4 is 32.4 Å². The summed E-state index contributed by atoms with van der Waals surface area (Å²) in [5.41, 5.74) is 3.41. The van der Waals surface area contributed by atoms with Gasteiger partial charge in [0.1, 0.15) is 5.82 Å². The molecule has 0 spiro atoms. The molecule has 0 fully saturated rings. The van der Waals surface area contributed by atoms with Crippen LogP contribution in [0.4, 0.5) is 11.5 Å². The second kappa shape index (κ2) is 7.99. The Labute approximate surface area is 180 Å². The van der Waals surface area contributed by atoms with E-state index < -0.39 is 10.0 Å². The van der Waals surface area contributed by atoms with Gasteiger partial charge in [-0.25, -0.2) is 12.4 Å². The zero-order valence-corrected chi connectivity index (χ0v) is 19.9. The van der Waals surface area contributed by atoms with Crippen molar-refractivity contribution in [1.29, 1.82) is 0 Å². The Kier molecular flexibility index (Phi) is 5.92. The van der Waals surface area contributed by atoms with Gasteiger partial charge in [-0.05, 0) is 72.2 Å². The first-order valence-electron chi connectivity index (χ1n) is 10.5. The van der Waals surface area contributed by atoms with Crippen LogP contribution in [-0.2, 0) is 10.0 Å². The average molecular weight is 428 g/mol. The third-order valence-electron chi connectivity index (χ3n) is 5.27. The van der Waals surface area contributed by atoms with E-state index in [0.717, 1.165) is 35.3 Å². The van der Waals surface area contributed by atoms with Crippen LogP contribution in [0.2, 0.25) is 0 Å². The number of nitrogens with zero attached hydrogens (tertiary/aromatic N) is 2. The lowest BCUT2D eigenvalue weighted by atomic mass is 10.1. The van der Waals surface area contributed by atoms with Gasteiger partial charge in [-0.3, -0.25) is 0 Å². The van der Waals surface area contributed by atoms with Crippen LogP contribution in [-0.4, -0.2) is 31.0 Å². The Balaban J connectivity index is 2.47. The molecule has 0 atom stereocenters. The van der Waals surface area contributed by atoms with Gasteiger partial charge in [0, 0.05) is 24.0 Å². The highest BCUT2D eigenvalue weighted by atomic mass is 32.2. The summed E-state index contributed by atoms with van der Waals surface area (Å²) in [5.74, 6) is 0.621. The van der Waals surface area contributed by atoms with Crippen molar-refractivity contribution in [3.63, 3.8) is 0 Å². The van der Waals surface area contributed by atoms with Crippen LogP contribution in [0, 0.1) is 13.8 Å². The monoisotopic (exact) mass is 427 g/mol. The van der Waals surface area contributed by atoms with Crippen LogP contribution in [0.5, 0.6) is 0 Å². The van der Waals surface area contributed by atoms with Crippen LogP contribution < -0.4 is 10.2 Å². The first-order chi connectivity index (χ1) is 14.0. The smallest absolute Gasteiger partial charge is 0.269 e. The SMILES string of the molecule is CCN(CC)c1c(NC(C)(C)C)n(S(=O)(=O)c2ccc(C)cc2)c2cccc(C)c12. The number of benzene rings is 2. The van der Waals surface area contributed by atoms with E-state index in [-0.39, 0.29) is 10.4 Å². The van der Waals surface area contributed by atoms with Gasteiger partial charge < -0.3 is 10.2 Å². The molecule has 0 saturated heterocycles. The lowest BCUT2D eigenvalue weighted by molar-refractivity contribution is 0.586. The fourth-order valence-corrected chi connectivity index (χ4v) is 5.32. The molecule has 0 unspecified atom stereocenters. The van der Waals surface area contributed by atoms with E-state index in [1.54, 1.807) is 12.1 Å². The number of aryl methyl sites for hydroxylation is 2. The van der Waals surface area contributed by atoms with E-state index in [1.165, 1.54) is 3.97 Å². The molecule has 1 heterocycles. The van der Waals surface area contributed by atoms with Crippen molar-refractivity contribution in [2.75, 3.05) is 23.3 Å². The highest BCUT2D eigenvalue weighted by Crippen LogP contribution is 2.43. The second-order valence-corrected chi connectivity index (χ2v) is 10.6. The molecule has 30 heavy (non-hydrogen) atoms. The molecule has 0 aliphatic rings. The highest BCUT2D eigenvalue weighted by Gasteiger charge is 2.31. The van der Waals surface area contributed by atoms with Crippen LogP contribution in [0.1, 0.15) is 45.7 Å². The summed E-state index contributed by atoms with van der Waals surface area (Å²) in [6.07, 6.45) is 0. The van der Waals surface area contributed by atoms with E-state index in [2.05, 4.69) is 24.1 Å².